The van der Waals surface area contributed by atoms with Gasteiger partial charge in [0.15, 0.2) is 0 Å². The van der Waals surface area contributed by atoms with Crippen LogP contribution in [0.25, 0.3) is 0 Å². The fraction of sp³-hybridized carbons (Fsp3) is 0.800. The van der Waals surface area contributed by atoms with Gasteiger partial charge < -0.3 is 5.32 Å². The third kappa shape index (κ3) is 3.57. The van der Waals surface area contributed by atoms with Crippen molar-refractivity contribution in [3.05, 3.63) is 18.5 Å². The maximum atomic E-state index is 4.30. The highest BCUT2D eigenvalue weighted by molar-refractivity contribution is 4.93. The second-order valence-electron chi connectivity index (χ2n) is 5.79. The van der Waals surface area contributed by atoms with E-state index in [9.17, 15) is 0 Å². The van der Waals surface area contributed by atoms with Crippen LogP contribution in [0.15, 0.2) is 18.5 Å². The Bertz CT molecular complexity index is 356. The molecule has 1 unspecified atom stereocenters. The monoisotopic (exact) mass is 264 g/mol. The minimum Gasteiger partial charge on any atom is -0.310 e. The topological polar surface area (TPSA) is 33.1 Å². The fourth-order valence-corrected chi connectivity index (χ4v) is 3.02. The Morgan fingerprint density at radius 2 is 2.11 bits per heavy atom. The van der Waals surface area contributed by atoms with Gasteiger partial charge in [0.2, 0.25) is 0 Å². The van der Waals surface area contributed by atoms with Crippen LogP contribution in [0.1, 0.15) is 40.0 Å². The zero-order chi connectivity index (χ0) is 13.7. The van der Waals surface area contributed by atoms with Crippen molar-refractivity contribution in [2.24, 2.45) is 0 Å². The van der Waals surface area contributed by atoms with Crippen molar-refractivity contribution in [2.75, 3.05) is 19.6 Å². The smallest absolute Gasteiger partial charge is 0.0536 e. The molecule has 4 heteroatoms. The Hall–Kier alpha value is -0.870. The lowest BCUT2D eigenvalue weighted by Gasteiger charge is -2.37. The van der Waals surface area contributed by atoms with Crippen LogP contribution in [-0.2, 0) is 6.54 Å². The van der Waals surface area contributed by atoms with E-state index in [1.807, 2.05) is 23.1 Å². The van der Waals surface area contributed by atoms with E-state index >= 15 is 0 Å². The van der Waals surface area contributed by atoms with Crippen LogP contribution >= 0.6 is 0 Å². The van der Waals surface area contributed by atoms with E-state index in [-0.39, 0.29) is 0 Å². The van der Waals surface area contributed by atoms with E-state index in [2.05, 4.69) is 36.1 Å². The molecule has 0 amide bonds. The second kappa shape index (κ2) is 6.53. The molecule has 0 spiro atoms. The summed E-state index contributed by atoms with van der Waals surface area (Å²) in [6.07, 6.45) is 7.55. The molecule has 108 valence electrons. The Morgan fingerprint density at radius 3 is 2.74 bits per heavy atom. The van der Waals surface area contributed by atoms with Gasteiger partial charge in [0, 0.05) is 37.1 Å². The van der Waals surface area contributed by atoms with E-state index in [4.69, 9.17) is 0 Å². The van der Waals surface area contributed by atoms with Crippen molar-refractivity contribution in [2.45, 2.75) is 58.2 Å². The summed E-state index contributed by atoms with van der Waals surface area (Å²) in [4.78, 5) is 2.63. The van der Waals surface area contributed by atoms with Crippen molar-refractivity contribution < 1.29 is 0 Å². The predicted octanol–water partition coefficient (Wildman–Crippen LogP) is 2.13. The summed E-state index contributed by atoms with van der Waals surface area (Å²) < 4.78 is 2.03. The molecule has 1 aromatic heterocycles. The average molecular weight is 264 g/mol. The normalized spacial score (nSPS) is 24.3. The standard InChI is InChI=1S/C15H28N4/c1-4-15(5-2)13-18(14(3)7-9-16-15)11-12-19-10-6-8-17-19/h6,8,10,14,16H,4-5,7,9,11-13H2,1-3H3. The molecule has 4 nitrogen and oxygen atoms in total. The van der Waals surface area contributed by atoms with Gasteiger partial charge in [-0.25, -0.2) is 0 Å². The zero-order valence-corrected chi connectivity index (χ0v) is 12.6. The molecular formula is C15H28N4. The molecule has 1 aliphatic heterocycles. The lowest BCUT2D eigenvalue weighted by atomic mass is 9.92. The minimum absolute atomic E-state index is 0.300. The van der Waals surface area contributed by atoms with E-state index in [0.717, 1.165) is 26.2 Å². The first kappa shape index (κ1) is 14.5. The highest BCUT2D eigenvalue weighted by Gasteiger charge is 2.32. The van der Waals surface area contributed by atoms with E-state index < -0.39 is 0 Å². The van der Waals surface area contributed by atoms with Crippen LogP contribution in [0.3, 0.4) is 0 Å². The number of nitrogens with zero attached hydrogens (tertiary/aromatic N) is 3. The molecule has 1 aliphatic rings. The van der Waals surface area contributed by atoms with Gasteiger partial charge in [0.25, 0.3) is 0 Å². The van der Waals surface area contributed by atoms with Crippen molar-refractivity contribution in [3.63, 3.8) is 0 Å². The third-order valence-electron chi connectivity index (χ3n) is 4.72. The van der Waals surface area contributed by atoms with Crippen molar-refractivity contribution in [1.29, 1.82) is 0 Å². The molecule has 1 aromatic rings. The predicted molar refractivity (Wildman–Crippen MR) is 79.2 cm³/mol. The maximum Gasteiger partial charge on any atom is 0.0536 e. The van der Waals surface area contributed by atoms with Crippen molar-refractivity contribution in [3.8, 4) is 0 Å². The number of hydrogen-bond donors (Lipinski definition) is 1. The number of hydrogen-bond acceptors (Lipinski definition) is 3. The van der Waals surface area contributed by atoms with Gasteiger partial charge in [-0.05, 0) is 38.8 Å². The molecule has 19 heavy (non-hydrogen) atoms. The van der Waals surface area contributed by atoms with Gasteiger partial charge in [-0.2, -0.15) is 5.10 Å². The highest BCUT2D eigenvalue weighted by atomic mass is 15.3. The zero-order valence-electron chi connectivity index (χ0n) is 12.6. The number of rotatable bonds is 5. The average Bonchev–Trinajstić information content (AvgIpc) is 2.89. The molecular weight excluding hydrogens is 236 g/mol. The van der Waals surface area contributed by atoms with Crippen molar-refractivity contribution in [1.82, 2.24) is 20.0 Å². The summed E-state index contributed by atoms with van der Waals surface area (Å²) in [5.74, 6) is 0. The summed E-state index contributed by atoms with van der Waals surface area (Å²) in [7, 11) is 0. The number of aromatic nitrogens is 2. The lowest BCUT2D eigenvalue weighted by molar-refractivity contribution is 0.153. The van der Waals surface area contributed by atoms with E-state index in [1.54, 1.807) is 0 Å². The molecule has 0 bridgehead atoms. The van der Waals surface area contributed by atoms with Gasteiger partial charge in [0.1, 0.15) is 0 Å². The lowest BCUT2D eigenvalue weighted by Crippen LogP contribution is -2.51. The molecule has 0 aliphatic carbocycles. The van der Waals surface area contributed by atoms with Crippen LogP contribution in [0.5, 0.6) is 0 Å². The first-order valence-electron chi connectivity index (χ1n) is 7.65. The largest absolute Gasteiger partial charge is 0.310 e. The van der Waals surface area contributed by atoms with Crippen LogP contribution in [-0.4, -0.2) is 45.9 Å². The summed E-state index contributed by atoms with van der Waals surface area (Å²) >= 11 is 0. The summed E-state index contributed by atoms with van der Waals surface area (Å²) in [5, 5.41) is 8.08. The SMILES string of the molecule is CCC1(CC)CN(CCn2cccn2)C(C)CCN1. The molecule has 1 N–H and O–H groups in total. The summed E-state index contributed by atoms with van der Waals surface area (Å²) in [5.41, 5.74) is 0.300. The van der Waals surface area contributed by atoms with Gasteiger partial charge >= 0.3 is 0 Å². The molecule has 2 rings (SSSR count). The summed E-state index contributed by atoms with van der Waals surface area (Å²) in [6.45, 7) is 11.3. The van der Waals surface area contributed by atoms with Gasteiger partial charge in [-0.1, -0.05) is 13.8 Å². The third-order valence-corrected chi connectivity index (χ3v) is 4.72. The van der Waals surface area contributed by atoms with Gasteiger partial charge in [-0.15, -0.1) is 0 Å². The maximum absolute atomic E-state index is 4.30. The molecule has 2 heterocycles. The van der Waals surface area contributed by atoms with Gasteiger partial charge in [-0.3, -0.25) is 9.58 Å². The van der Waals surface area contributed by atoms with Gasteiger partial charge in [0.05, 0.1) is 6.54 Å². The minimum atomic E-state index is 0.300. The first-order chi connectivity index (χ1) is 9.19. The van der Waals surface area contributed by atoms with E-state index in [0.29, 0.717) is 11.6 Å². The Morgan fingerprint density at radius 1 is 1.32 bits per heavy atom. The molecule has 1 atom stereocenters. The molecule has 0 saturated carbocycles. The highest BCUT2D eigenvalue weighted by Crippen LogP contribution is 2.22. The number of nitrogens with one attached hydrogen (secondary N) is 1. The molecule has 0 aromatic carbocycles. The fourth-order valence-electron chi connectivity index (χ4n) is 3.02. The van der Waals surface area contributed by atoms with Crippen LogP contribution in [0, 0.1) is 0 Å². The van der Waals surface area contributed by atoms with E-state index in [1.165, 1.54) is 19.3 Å². The van der Waals surface area contributed by atoms with Crippen LogP contribution < -0.4 is 5.32 Å². The Kier molecular flexibility index (Phi) is 4.99. The Labute approximate surface area is 117 Å². The van der Waals surface area contributed by atoms with Crippen molar-refractivity contribution >= 4 is 0 Å². The molecule has 0 radical (unpaired) electrons. The first-order valence-corrected chi connectivity index (χ1v) is 7.65. The molecule has 1 fully saturated rings. The second-order valence-corrected chi connectivity index (χ2v) is 5.79. The van der Waals surface area contributed by atoms with Crippen LogP contribution in [0.2, 0.25) is 0 Å². The molecule has 1 saturated heterocycles. The summed E-state index contributed by atoms with van der Waals surface area (Å²) in [6, 6.07) is 2.65. The Balaban J connectivity index is 1.99. The quantitative estimate of drug-likeness (QED) is 0.884. The van der Waals surface area contributed by atoms with Crippen LogP contribution in [0.4, 0.5) is 0 Å².